The van der Waals surface area contributed by atoms with Gasteiger partial charge in [0.2, 0.25) is 11.8 Å². The lowest BCUT2D eigenvalue weighted by molar-refractivity contribution is -0.130. The van der Waals surface area contributed by atoms with E-state index in [1.807, 2.05) is 25.1 Å². The quantitative estimate of drug-likeness (QED) is 0.786. The third-order valence-corrected chi connectivity index (χ3v) is 3.86. The molecule has 0 unspecified atom stereocenters. The van der Waals surface area contributed by atoms with E-state index in [4.69, 9.17) is 0 Å². The molecule has 2 heterocycles. The summed E-state index contributed by atoms with van der Waals surface area (Å²) in [6.45, 7) is 2.91. The van der Waals surface area contributed by atoms with Crippen LogP contribution in [-0.2, 0) is 16.0 Å². The lowest BCUT2D eigenvalue weighted by Crippen LogP contribution is -2.43. The van der Waals surface area contributed by atoms with Crippen LogP contribution in [0.25, 0.3) is 0 Å². The number of imide groups is 1. The zero-order valence-electron chi connectivity index (χ0n) is 11.1. The highest BCUT2D eigenvalue weighted by atomic mass is 16.2. The molecule has 100 valence electrons. The van der Waals surface area contributed by atoms with Gasteiger partial charge in [-0.2, -0.15) is 0 Å². The van der Waals surface area contributed by atoms with E-state index < -0.39 is 0 Å². The molecular formula is C15H18N2O2. The van der Waals surface area contributed by atoms with Crippen molar-refractivity contribution in [3.63, 3.8) is 0 Å². The van der Waals surface area contributed by atoms with E-state index in [0.717, 1.165) is 36.3 Å². The summed E-state index contributed by atoms with van der Waals surface area (Å²) in [6, 6.07) is 5.81. The third kappa shape index (κ3) is 2.11. The van der Waals surface area contributed by atoms with Gasteiger partial charge in [0.1, 0.15) is 0 Å². The van der Waals surface area contributed by atoms with Gasteiger partial charge in [-0.3, -0.25) is 14.5 Å². The van der Waals surface area contributed by atoms with Crippen LogP contribution in [0.1, 0.15) is 31.7 Å². The molecule has 2 amide bonds. The number of carbonyl (C=O) groups is 2. The van der Waals surface area contributed by atoms with Gasteiger partial charge >= 0.3 is 0 Å². The standard InChI is InChI=1S/C15H18N2O2/c1-10-8-14(18)17(15(19)9-10)13-6-2-5-12-11(13)4-3-7-16-12/h2,5-6,10,16H,3-4,7-9H2,1H3. The first-order chi connectivity index (χ1) is 9.16. The van der Waals surface area contributed by atoms with E-state index in [0.29, 0.717) is 12.8 Å². The first-order valence-electron chi connectivity index (χ1n) is 6.88. The van der Waals surface area contributed by atoms with Crippen molar-refractivity contribution in [3.05, 3.63) is 23.8 Å². The van der Waals surface area contributed by atoms with Gasteiger partial charge in [-0.15, -0.1) is 0 Å². The van der Waals surface area contributed by atoms with Crippen molar-refractivity contribution in [1.29, 1.82) is 0 Å². The normalized spacial score (nSPS) is 20.2. The second kappa shape index (κ2) is 4.68. The summed E-state index contributed by atoms with van der Waals surface area (Å²) < 4.78 is 0. The van der Waals surface area contributed by atoms with Crippen molar-refractivity contribution >= 4 is 23.2 Å². The molecule has 0 radical (unpaired) electrons. The van der Waals surface area contributed by atoms with Gasteiger partial charge in [0, 0.05) is 25.1 Å². The fourth-order valence-corrected chi connectivity index (χ4v) is 2.96. The Morgan fingerprint density at radius 2 is 1.95 bits per heavy atom. The average Bonchev–Trinajstić information content (AvgIpc) is 2.38. The van der Waals surface area contributed by atoms with Gasteiger partial charge in [0.25, 0.3) is 0 Å². The number of rotatable bonds is 1. The second-order valence-corrected chi connectivity index (χ2v) is 5.47. The predicted molar refractivity (Wildman–Crippen MR) is 74.1 cm³/mol. The molecule has 0 bridgehead atoms. The molecule has 19 heavy (non-hydrogen) atoms. The lowest BCUT2D eigenvalue weighted by atomic mass is 9.94. The maximum atomic E-state index is 12.2. The number of fused-ring (bicyclic) bond motifs is 1. The molecule has 4 heteroatoms. The van der Waals surface area contributed by atoms with Crippen molar-refractivity contribution in [3.8, 4) is 0 Å². The maximum Gasteiger partial charge on any atom is 0.234 e. The van der Waals surface area contributed by atoms with Crippen molar-refractivity contribution in [2.45, 2.75) is 32.6 Å². The van der Waals surface area contributed by atoms with Crippen LogP contribution in [0.5, 0.6) is 0 Å². The van der Waals surface area contributed by atoms with Crippen molar-refractivity contribution in [2.24, 2.45) is 5.92 Å². The van der Waals surface area contributed by atoms with Crippen molar-refractivity contribution < 1.29 is 9.59 Å². The summed E-state index contributed by atoms with van der Waals surface area (Å²) in [5.41, 5.74) is 2.94. The number of piperidine rings is 1. The number of nitrogens with one attached hydrogen (secondary N) is 1. The molecule has 4 nitrogen and oxygen atoms in total. The summed E-state index contributed by atoms with van der Waals surface area (Å²) in [5, 5.41) is 3.33. The maximum absolute atomic E-state index is 12.2. The predicted octanol–water partition coefficient (Wildman–Crippen LogP) is 2.33. The van der Waals surface area contributed by atoms with Crippen LogP contribution >= 0.6 is 0 Å². The lowest BCUT2D eigenvalue weighted by Gasteiger charge is -2.31. The summed E-state index contributed by atoms with van der Waals surface area (Å²) in [6.07, 6.45) is 2.88. The molecule has 0 saturated carbocycles. The molecule has 2 aliphatic heterocycles. The van der Waals surface area contributed by atoms with Crippen LogP contribution in [0.4, 0.5) is 11.4 Å². The molecular weight excluding hydrogens is 240 g/mol. The summed E-state index contributed by atoms with van der Waals surface area (Å²) in [4.78, 5) is 25.8. The molecule has 0 spiro atoms. The topological polar surface area (TPSA) is 49.4 Å². The Bertz CT molecular complexity index is 521. The molecule has 1 N–H and O–H groups in total. The molecule has 1 aromatic carbocycles. The van der Waals surface area contributed by atoms with Crippen LogP contribution < -0.4 is 10.2 Å². The average molecular weight is 258 g/mol. The smallest absolute Gasteiger partial charge is 0.234 e. The monoisotopic (exact) mass is 258 g/mol. The van der Waals surface area contributed by atoms with E-state index in [2.05, 4.69) is 5.32 Å². The van der Waals surface area contributed by atoms with Gasteiger partial charge < -0.3 is 5.32 Å². The zero-order chi connectivity index (χ0) is 13.4. The minimum Gasteiger partial charge on any atom is -0.385 e. The highest BCUT2D eigenvalue weighted by molar-refractivity contribution is 6.17. The molecule has 0 atom stereocenters. The van der Waals surface area contributed by atoms with Crippen LogP contribution in [-0.4, -0.2) is 18.4 Å². The number of anilines is 2. The number of benzene rings is 1. The van der Waals surface area contributed by atoms with Gasteiger partial charge in [0.05, 0.1) is 5.69 Å². The Labute approximate surface area is 112 Å². The third-order valence-electron chi connectivity index (χ3n) is 3.86. The first kappa shape index (κ1) is 12.2. The molecule has 2 aliphatic rings. The largest absolute Gasteiger partial charge is 0.385 e. The Kier molecular flexibility index (Phi) is 3.01. The van der Waals surface area contributed by atoms with Crippen LogP contribution in [0.15, 0.2) is 18.2 Å². The number of carbonyl (C=O) groups excluding carboxylic acids is 2. The molecule has 1 saturated heterocycles. The van der Waals surface area contributed by atoms with Gasteiger partial charge in [-0.25, -0.2) is 0 Å². The molecule has 3 rings (SSSR count). The number of hydrogen-bond acceptors (Lipinski definition) is 3. The molecule has 0 aliphatic carbocycles. The fraction of sp³-hybridized carbons (Fsp3) is 0.467. The molecule has 1 aromatic rings. The van der Waals surface area contributed by atoms with E-state index in [-0.39, 0.29) is 17.7 Å². The Morgan fingerprint density at radius 3 is 2.68 bits per heavy atom. The Balaban J connectivity index is 2.02. The van der Waals surface area contributed by atoms with E-state index in [9.17, 15) is 9.59 Å². The highest BCUT2D eigenvalue weighted by Gasteiger charge is 2.33. The van der Waals surface area contributed by atoms with Crippen LogP contribution in [0, 0.1) is 5.92 Å². The van der Waals surface area contributed by atoms with E-state index >= 15 is 0 Å². The zero-order valence-corrected chi connectivity index (χ0v) is 11.1. The summed E-state index contributed by atoms with van der Waals surface area (Å²) in [7, 11) is 0. The molecule has 1 fully saturated rings. The SMILES string of the molecule is CC1CC(=O)N(c2cccc3c2CCCN3)C(=O)C1. The van der Waals surface area contributed by atoms with Gasteiger partial charge in [0.15, 0.2) is 0 Å². The number of nitrogens with zero attached hydrogens (tertiary/aromatic N) is 1. The Morgan fingerprint density at radius 1 is 1.21 bits per heavy atom. The highest BCUT2D eigenvalue weighted by Crippen LogP contribution is 2.34. The minimum absolute atomic E-state index is 0.0669. The minimum atomic E-state index is -0.0669. The van der Waals surface area contributed by atoms with Crippen LogP contribution in [0.3, 0.4) is 0 Å². The second-order valence-electron chi connectivity index (χ2n) is 5.47. The fourth-order valence-electron chi connectivity index (χ4n) is 2.96. The number of amides is 2. The van der Waals surface area contributed by atoms with Crippen molar-refractivity contribution in [2.75, 3.05) is 16.8 Å². The van der Waals surface area contributed by atoms with E-state index in [1.54, 1.807) is 0 Å². The number of hydrogen-bond donors (Lipinski definition) is 1. The van der Waals surface area contributed by atoms with E-state index in [1.165, 1.54) is 4.90 Å². The first-order valence-corrected chi connectivity index (χ1v) is 6.88. The van der Waals surface area contributed by atoms with Crippen molar-refractivity contribution in [1.82, 2.24) is 0 Å². The Hall–Kier alpha value is -1.84. The van der Waals surface area contributed by atoms with Crippen LogP contribution in [0.2, 0.25) is 0 Å². The van der Waals surface area contributed by atoms with Gasteiger partial charge in [-0.05, 0) is 36.5 Å². The molecule has 0 aromatic heterocycles. The van der Waals surface area contributed by atoms with Gasteiger partial charge in [-0.1, -0.05) is 13.0 Å². The summed E-state index contributed by atoms with van der Waals surface area (Å²) >= 11 is 0. The summed E-state index contributed by atoms with van der Waals surface area (Å²) in [5.74, 6) is 0.0272.